The minimum Gasteiger partial charge on any atom is -0.454 e. The highest BCUT2D eigenvalue weighted by Crippen LogP contribution is 2.12. The number of aromatic nitrogens is 4. The Bertz CT molecular complexity index is 1220. The van der Waals surface area contributed by atoms with Gasteiger partial charge in [-0.15, -0.1) is 0 Å². The second-order valence-corrected chi connectivity index (χ2v) is 6.13. The number of carbonyl (C=O) groups excluding carboxylic acids is 2. The molecule has 2 heterocycles. The van der Waals surface area contributed by atoms with Gasteiger partial charge in [-0.25, -0.2) is 23.1 Å². The van der Waals surface area contributed by atoms with Crippen LogP contribution in [-0.2, 0) is 35.0 Å². The van der Waals surface area contributed by atoms with Crippen LogP contribution < -0.4 is 16.6 Å². The number of esters is 1. The highest BCUT2D eigenvalue weighted by atomic mass is 19.1. The van der Waals surface area contributed by atoms with E-state index in [0.717, 1.165) is 16.7 Å². The van der Waals surface area contributed by atoms with E-state index in [9.17, 15) is 28.0 Å². The van der Waals surface area contributed by atoms with Crippen LogP contribution in [0.5, 0.6) is 0 Å². The number of ether oxygens (including phenoxy) is 1. The molecule has 0 bridgehead atoms. The fraction of sp³-hybridized carbons (Fsp3) is 0.235. The maximum atomic E-state index is 13.1. The van der Waals surface area contributed by atoms with Crippen LogP contribution in [0.4, 0.5) is 14.5 Å². The molecule has 1 amide bonds. The first-order valence-corrected chi connectivity index (χ1v) is 8.20. The van der Waals surface area contributed by atoms with Crippen LogP contribution >= 0.6 is 0 Å². The molecule has 0 unspecified atom stereocenters. The average molecular weight is 407 g/mol. The van der Waals surface area contributed by atoms with Crippen molar-refractivity contribution in [1.29, 1.82) is 0 Å². The van der Waals surface area contributed by atoms with Gasteiger partial charge in [0.1, 0.15) is 18.2 Å². The third-order valence-electron chi connectivity index (χ3n) is 4.00. The zero-order valence-electron chi connectivity index (χ0n) is 15.3. The first-order valence-electron chi connectivity index (χ1n) is 8.20. The molecule has 152 valence electrons. The van der Waals surface area contributed by atoms with Gasteiger partial charge in [-0.2, -0.15) is 0 Å². The maximum absolute atomic E-state index is 13.1. The molecule has 29 heavy (non-hydrogen) atoms. The number of fused-ring (bicyclic) bond motifs is 1. The van der Waals surface area contributed by atoms with Gasteiger partial charge in [-0.3, -0.25) is 19.0 Å². The summed E-state index contributed by atoms with van der Waals surface area (Å²) < 4.78 is 34.1. The number of benzene rings is 1. The van der Waals surface area contributed by atoms with Crippen molar-refractivity contribution < 1.29 is 23.1 Å². The molecule has 0 aliphatic rings. The predicted molar refractivity (Wildman–Crippen MR) is 96.2 cm³/mol. The normalized spacial score (nSPS) is 10.9. The number of halogens is 2. The average Bonchev–Trinajstić information content (AvgIpc) is 3.02. The van der Waals surface area contributed by atoms with E-state index in [1.807, 2.05) is 0 Å². The van der Waals surface area contributed by atoms with Crippen molar-refractivity contribution in [2.75, 3.05) is 11.9 Å². The number of rotatable bonds is 5. The van der Waals surface area contributed by atoms with E-state index in [1.165, 1.54) is 17.9 Å². The zero-order valence-corrected chi connectivity index (χ0v) is 15.3. The second kappa shape index (κ2) is 7.66. The topological polar surface area (TPSA) is 117 Å². The molecule has 2 aromatic heterocycles. The molecule has 0 fully saturated rings. The van der Waals surface area contributed by atoms with E-state index in [1.54, 1.807) is 7.05 Å². The van der Waals surface area contributed by atoms with Crippen LogP contribution in [0, 0.1) is 11.6 Å². The number of carbonyl (C=O) groups is 2. The van der Waals surface area contributed by atoms with Crippen LogP contribution in [0.1, 0.15) is 0 Å². The van der Waals surface area contributed by atoms with Crippen molar-refractivity contribution in [3.8, 4) is 0 Å². The van der Waals surface area contributed by atoms with Gasteiger partial charge in [-0.1, -0.05) is 0 Å². The molecule has 0 saturated carbocycles. The van der Waals surface area contributed by atoms with Gasteiger partial charge in [0.2, 0.25) is 0 Å². The van der Waals surface area contributed by atoms with Crippen LogP contribution in [0.25, 0.3) is 11.2 Å². The number of imidazole rings is 1. The first kappa shape index (κ1) is 19.9. The first-order chi connectivity index (χ1) is 13.7. The molecule has 0 radical (unpaired) electrons. The van der Waals surface area contributed by atoms with Gasteiger partial charge in [0, 0.05) is 25.8 Å². The Kier molecular flexibility index (Phi) is 5.26. The minimum absolute atomic E-state index is 0.116. The van der Waals surface area contributed by atoms with E-state index < -0.39 is 47.9 Å². The van der Waals surface area contributed by atoms with Crippen molar-refractivity contribution in [2.24, 2.45) is 14.1 Å². The summed E-state index contributed by atoms with van der Waals surface area (Å²) in [4.78, 5) is 52.5. The lowest BCUT2D eigenvalue weighted by molar-refractivity contribution is -0.148. The molecule has 0 saturated heterocycles. The van der Waals surface area contributed by atoms with Crippen molar-refractivity contribution in [1.82, 2.24) is 18.7 Å². The fourth-order valence-electron chi connectivity index (χ4n) is 2.68. The lowest BCUT2D eigenvalue weighted by Gasteiger charge is -2.09. The van der Waals surface area contributed by atoms with Gasteiger partial charge in [-0.05, 0) is 12.1 Å². The van der Waals surface area contributed by atoms with Gasteiger partial charge < -0.3 is 14.6 Å². The summed E-state index contributed by atoms with van der Waals surface area (Å²) >= 11 is 0. The number of nitrogens with zero attached hydrogens (tertiary/aromatic N) is 4. The highest BCUT2D eigenvalue weighted by molar-refractivity contribution is 5.92. The molecule has 12 heteroatoms. The maximum Gasteiger partial charge on any atom is 0.333 e. The second-order valence-electron chi connectivity index (χ2n) is 6.13. The quantitative estimate of drug-likeness (QED) is 0.590. The Labute approximate surface area is 160 Å². The Hall–Kier alpha value is -3.83. The van der Waals surface area contributed by atoms with Crippen molar-refractivity contribution >= 4 is 28.7 Å². The summed E-state index contributed by atoms with van der Waals surface area (Å²) in [6.45, 7) is -1.51. The van der Waals surface area contributed by atoms with Crippen molar-refractivity contribution in [2.45, 2.75) is 6.54 Å². The third kappa shape index (κ3) is 4.05. The van der Waals surface area contributed by atoms with Crippen LogP contribution in [0.15, 0.2) is 34.1 Å². The Morgan fingerprint density at radius 2 is 1.79 bits per heavy atom. The summed E-state index contributed by atoms with van der Waals surface area (Å²) in [5, 5.41) is 2.16. The summed E-state index contributed by atoms with van der Waals surface area (Å²) in [7, 11) is 2.95. The van der Waals surface area contributed by atoms with Crippen LogP contribution in [0.3, 0.4) is 0 Å². The molecule has 3 aromatic rings. The van der Waals surface area contributed by atoms with Gasteiger partial charge in [0.05, 0.1) is 6.33 Å². The SMILES string of the molecule is Cn1cnc2c1c(=O)n(CC(=O)OCC(=O)Nc1cc(F)cc(F)c1)c(=O)n2C. The monoisotopic (exact) mass is 407 g/mol. The molecule has 0 aliphatic heterocycles. The number of hydrogen-bond acceptors (Lipinski definition) is 6. The Balaban J connectivity index is 1.70. The van der Waals surface area contributed by atoms with Gasteiger partial charge in [0.15, 0.2) is 17.8 Å². The number of aryl methyl sites for hydroxylation is 2. The summed E-state index contributed by atoms with van der Waals surface area (Å²) in [6, 6.07) is 2.40. The number of amides is 1. The van der Waals surface area contributed by atoms with Crippen molar-refractivity contribution in [3.63, 3.8) is 0 Å². The standard InChI is InChI=1S/C17H15F2N5O5/c1-22-8-20-15-14(22)16(27)24(17(28)23(15)2)6-13(26)29-7-12(25)21-11-4-9(18)3-10(19)5-11/h3-5,8H,6-7H2,1-2H3,(H,21,25). The molecule has 1 aromatic carbocycles. The molecular formula is C17H15F2N5O5. The molecule has 3 rings (SSSR count). The molecule has 0 aliphatic carbocycles. The fourth-order valence-corrected chi connectivity index (χ4v) is 2.68. The molecule has 10 nitrogen and oxygen atoms in total. The lowest BCUT2D eigenvalue weighted by atomic mass is 10.3. The largest absolute Gasteiger partial charge is 0.454 e. The Morgan fingerprint density at radius 3 is 2.45 bits per heavy atom. The molecule has 0 atom stereocenters. The summed E-state index contributed by atoms with van der Waals surface area (Å²) in [6.07, 6.45) is 1.35. The van der Waals surface area contributed by atoms with Gasteiger partial charge in [0.25, 0.3) is 11.5 Å². The Morgan fingerprint density at radius 1 is 1.14 bits per heavy atom. The van der Waals surface area contributed by atoms with E-state index in [4.69, 9.17) is 4.74 Å². The minimum atomic E-state index is -1.02. The van der Waals surface area contributed by atoms with E-state index in [0.29, 0.717) is 10.6 Å². The van der Waals surface area contributed by atoms with E-state index in [-0.39, 0.29) is 16.9 Å². The van der Waals surface area contributed by atoms with Crippen LogP contribution in [0.2, 0.25) is 0 Å². The highest BCUT2D eigenvalue weighted by Gasteiger charge is 2.18. The van der Waals surface area contributed by atoms with E-state index in [2.05, 4.69) is 10.3 Å². The smallest absolute Gasteiger partial charge is 0.333 e. The van der Waals surface area contributed by atoms with Gasteiger partial charge >= 0.3 is 11.7 Å². The van der Waals surface area contributed by atoms with Crippen LogP contribution in [-0.4, -0.2) is 37.2 Å². The lowest BCUT2D eigenvalue weighted by Crippen LogP contribution is -2.41. The molecule has 0 spiro atoms. The molecule has 1 N–H and O–H groups in total. The number of hydrogen-bond donors (Lipinski definition) is 1. The predicted octanol–water partition coefficient (Wildman–Crippen LogP) is -0.106. The zero-order chi connectivity index (χ0) is 21.3. The van der Waals surface area contributed by atoms with E-state index >= 15 is 0 Å². The van der Waals surface area contributed by atoms with Crippen molar-refractivity contribution in [3.05, 3.63) is 57.0 Å². The third-order valence-corrected chi connectivity index (χ3v) is 4.00. The number of anilines is 1. The summed E-state index contributed by atoms with van der Waals surface area (Å²) in [5.74, 6) is -3.66. The summed E-state index contributed by atoms with van der Waals surface area (Å²) in [5.41, 5.74) is -1.40. The molecular weight excluding hydrogens is 392 g/mol. The number of nitrogens with one attached hydrogen (secondary N) is 1.